The first-order valence-corrected chi connectivity index (χ1v) is 21.5. The van der Waals surface area contributed by atoms with Crippen molar-refractivity contribution in [1.82, 2.24) is 0 Å². The fraction of sp³-hybridized carbons (Fsp3) is 0.850. The molecule has 2 atom stereocenters. The molecular weight excluding hydrogens is 653 g/mol. The van der Waals surface area contributed by atoms with Gasteiger partial charge in [0.15, 0.2) is 6.10 Å². The number of carbonyl (C=O) groups excluding carboxylic acids is 2. The summed E-state index contributed by atoms with van der Waals surface area (Å²) in [5.41, 5.74) is 0. The Balaban J connectivity index is 4.44. The molecule has 0 heterocycles. The highest BCUT2D eigenvalue weighted by Crippen LogP contribution is 2.38. The Kier molecular flexibility index (Phi) is 32.3. The van der Waals surface area contributed by atoms with Gasteiger partial charge >= 0.3 is 11.9 Å². The van der Waals surface area contributed by atoms with Gasteiger partial charge in [-0.1, -0.05) is 141 Å². The Hall–Kier alpha value is -1.51. The van der Waals surface area contributed by atoms with Crippen molar-refractivity contribution < 1.29 is 42.1 Å². The largest absolute Gasteiger partial charge is 0.756 e. The maximum Gasteiger partial charge on any atom is 0.306 e. The van der Waals surface area contributed by atoms with Crippen molar-refractivity contribution in [1.29, 1.82) is 0 Å². The number of hydrogen-bond acceptors (Lipinski definition) is 8. The van der Waals surface area contributed by atoms with Crippen molar-refractivity contribution in [3.05, 3.63) is 24.3 Å². The summed E-state index contributed by atoms with van der Waals surface area (Å²) in [6, 6.07) is 0. The molecule has 0 saturated carbocycles. The van der Waals surface area contributed by atoms with Crippen LogP contribution in [0.1, 0.15) is 168 Å². The summed E-state index contributed by atoms with van der Waals surface area (Å²) < 4.78 is 33.8. The predicted octanol–water partition coefficient (Wildman–Crippen LogP) is 10.2. The van der Waals surface area contributed by atoms with Gasteiger partial charge in [-0.2, -0.15) is 0 Å². The minimum Gasteiger partial charge on any atom is -0.756 e. The molecule has 0 fully saturated rings. The summed E-state index contributed by atoms with van der Waals surface area (Å²) in [5, 5.41) is 0. The molecule has 294 valence electrons. The number of allylic oxidation sites excluding steroid dienone is 4. The lowest BCUT2D eigenvalue weighted by Gasteiger charge is -2.28. The lowest BCUT2D eigenvalue weighted by atomic mass is 10.1. The van der Waals surface area contributed by atoms with E-state index >= 15 is 0 Å². The molecule has 0 aliphatic rings. The van der Waals surface area contributed by atoms with E-state index in [0.717, 1.165) is 57.8 Å². The van der Waals surface area contributed by atoms with E-state index in [1.54, 1.807) is 0 Å². The van der Waals surface area contributed by atoms with Crippen LogP contribution in [0.4, 0.5) is 0 Å². The number of hydrogen-bond donors (Lipinski definition) is 0. The molecule has 0 rings (SSSR count). The van der Waals surface area contributed by atoms with Crippen molar-refractivity contribution in [2.24, 2.45) is 0 Å². The second kappa shape index (κ2) is 33.3. The number of nitrogens with zero attached hydrogens (tertiary/aromatic N) is 1. The lowest BCUT2D eigenvalue weighted by molar-refractivity contribution is -0.870. The van der Waals surface area contributed by atoms with Crippen LogP contribution in [0.15, 0.2) is 24.3 Å². The third-order valence-electron chi connectivity index (χ3n) is 8.50. The summed E-state index contributed by atoms with van der Waals surface area (Å²) >= 11 is 0. The molecule has 0 aliphatic carbocycles. The van der Waals surface area contributed by atoms with Crippen molar-refractivity contribution in [2.45, 2.75) is 174 Å². The number of esters is 2. The normalized spacial score (nSPS) is 14.0. The zero-order valence-electron chi connectivity index (χ0n) is 32.8. The van der Waals surface area contributed by atoms with Crippen LogP contribution in [0.25, 0.3) is 0 Å². The second-order valence-corrected chi connectivity index (χ2v) is 16.1. The van der Waals surface area contributed by atoms with Crippen LogP contribution in [-0.4, -0.2) is 70.0 Å². The topological polar surface area (TPSA) is 111 Å². The van der Waals surface area contributed by atoms with E-state index < -0.39 is 26.5 Å². The van der Waals surface area contributed by atoms with Crippen LogP contribution in [0.2, 0.25) is 0 Å². The molecular formula is C40H76NO8P. The molecule has 1 unspecified atom stereocenters. The van der Waals surface area contributed by atoms with Crippen molar-refractivity contribution >= 4 is 19.8 Å². The first-order valence-electron chi connectivity index (χ1n) is 20.1. The SMILES string of the molecule is CCCCCC/C=C/C=C/CCCCCCCC(=O)O[C@H](COC(=O)CCCCCCCCCCCCC)COP(=O)([O-])OCC[N+](C)(C)C. The molecule has 0 amide bonds. The molecule has 0 N–H and O–H groups in total. The predicted molar refractivity (Wildman–Crippen MR) is 204 cm³/mol. The smallest absolute Gasteiger partial charge is 0.306 e. The van der Waals surface area contributed by atoms with Gasteiger partial charge in [0.25, 0.3) is 7.82 Å². The summed E-state index contributed by atoms with van der Waals surface area (Å²) in [4.78, 5) is 37.3. The van der Waals surface area contributed by atoms with E-state index in [0.29, 0.717) is 17.4 Å². The molecule has 0 saturated heterocycles. The van der Waals surface area contributed by atoms with Gasteiger partial charge in [0.1, 0.15) is 19.8 Å². The van der Waals surface area contributed by atoms with Crippen LogP contribution in [0.3, 0.4) is 0 Å². The average molecular weight is 730 g/mol. The molecule has 9 nitrogen and oxygen atoms in total. The Morgan fingerprint density at radius 2 is 1.06 bits per heavy atom. The van der Waals surface area contributed by atoms with E-state index in [-0.39, 0.29) is 32.0 Å². The highest BCUT2D eigenvalue weighted by molar-refractivity contribution is 7.45. The van der Waals surface area contributed by atoms with Crippen molar-refractivity contribution in [2.75, 3.05) is 47.5 Å². The number of phosphoric acid groups is 1. The molecule has 10 heteroatoms. The van der Waals surface area contributed by atoms with Gasteiger partial charge in [0.05, 0.1) is 27.7 Å². The number of likely N-dealkylation sites (N-methyl/N-ethyl adjacent to an activating group) is 1. The van der Waals surface area contributed by atoms with E-state index in [2.05, 4.69) is 38.2 Å². The first kappa shape index (κ1) is 48.5. The summed E-state index contributed by atoms with van der Waals surface area (Å²) in [7, 11) is 1.16. The maximum absolute atomic E-state index is 12.6. The molecule has 0 aromatic carbocycles. The van der Waals surface area contributed by atoms with E-state index in [9.17, 15) is 19.0 Å². The van der Waals surface area contributed by atoms with Crippen molar-refractivity contribution in [3.63, 3.8) is 0 Å². The average Bonchev–Trinajstić information content (AvgIpc) is 3.06. The molecule has 0 spiro atoms. The number of quaternary nitrogens is 1. The van der Waals surface area contributed by atoms with Crippen LogP contribution in [0.5, 0.6) is 0 Å². The number of rotatable bonds is 36. The zero-order chi connectivity index (χ0) is 37.2. The third-order valence-corrected chi connectivity index (χ3v) is 9.47. The van der Waals surface area contributed by atoms with Gasteiger partial charge < -0.3 is 27.9 Å². The van der Waals surface area contributed by atoms with Gasteiger partial charge in [-0.3, -0.25) is 14.2 Å². The number of carbonyl (C=O) groups is 2. The summed E-state index contributed by atoms with van der Waals surface area (Å²) in [6.45, 7) is 4.17. The molecule has 0 aromatic rings. The fourth-order valence-corrected chi connectivity index (χ4v) is 6.02. The molecule has 50 heavy (non-hydrogen) atoms. The van der Waals surface area contributed by atoms with Gasteiger partial charge in [-0.15, -0.1) is 0 Å². The Morgan fingerprint density at radius 3 is 1.56 bits per heavy atom. The first-order chi connectivity index (χ1) is 24.0. The minimum atomic E-state index is -4.62. The Morgan fingerprint density at radius 1 is 0.620 bits per heavy atom. The van der Waals surface area contributed by atoms with Crippen molar-refractivity contribution in [3.8, 4) is 0 Å². The molecule has 0 aliphatic heterocycles. The van der Waals surface area contributed by atoms with Crippen LogP contribution in [0, 0.1) is 0 Å². The quantitative estimate of drug-likeness (QED) is 0.0206. The Bertz CT molecular complexity index is 918. The highest BCUT2D eigenvalue weighted by Gasteiger charge is 2.21. The molecule has 0 aromatic heterocycles. The summed E-state index contributed by atoms with van der Waals surface area (Å²) in [6.07, 6.45) is 33.4. The van der Waals surface area contributed by atoms with Gasteiger partial charge in [0.2, 0.25) is 0 Å². The Labute approximate surface area is 307 Å². The van der Waals surface area contributed by atoms with E-state index in [1.165, 1.54) is 77.0 Å². The van der Waals surface area contributed by atoms with Crippen LogP contribution in [-0.2, 0) is 32.7 Å². The van der Waals surface area contributed by atoms with E-state index in [4.69, 9.17) is 18.5 Å². The highest BCUT2D eigenvalue weighted by atomic mass is 31.2. The minimum absolute atomic E-state index is 0.0325. The third kappa shape index (κ3) is 36.3. The second-order valence-electron chi connectivity index (χ2n) is 14.7. The molecule has 0 bridgehead atoms. The number of ether oxygens (including phenoxy) is 2. The summed E-state index contributed by atoms with van der Waals surface area (Å²) in [5.74, 6) is -0.851. The number of unbranched alkanes of at least 4 members (excludes halogenated alkanes) is 19. The molecule has 0 radical (unpaired) electrons. The van der Waals surface area contributed by atoms with Gasteiger partial charge in [0, 0.05) is 12.8 Å². The van der Waals surface area contributed by atoms with Crippen LogP contribution < -0.4 is 4.89 Å². The lowest BCUT2D eigenvalue weighted by Crippen LogP contribution is -2.37. The fourth-order valence-electron chi connectivity index (χ4n) is 5.29. The standard InChI is InChI=1S/C40H76NO8P/c1-6-8-10-12-14-16-18-19-20-21-23-25-27-29-31-33-40(43)49-38(37-48-50(44,45)47-35-34-41(3,4)5)36-46-39(42)32-30-28-26-24-22-17-15-13-11-9-7-2/h16,18-20,38H,6-15,17,21-37H2,1-5H3/b18-16+,20-19+/t38-/m1/s1. The van der Waals surface area contributed by atoms with E-state index in [1.807, 2.05) is 21.1 Å². The maximum atomic E-state index is 12.6. The van der Waals surface area contributed by atoms with Gasteiger partial charge in [-0.25, -0.2) is 0 Å². The van der Waals surface area contributed by atoms with Gasteiger partial charge in [-0.05, 0) is 38.5 Å². The number of phosphoric ester groups is 1. The zero-order valence-corrected chi connectivity index (χ0v) is 33.7. The monoisotopic (exact) mass is 730 g/mol. The van der Waals surface area contributed by atoms with Crippen LogP contribution >= 0.6 is 7.82 Å².